The normalized spacial score (nSPS) is 10.1. The maximum absolute atomic E-state index is 12.7. The van der Waals surface area contributed by atoms with Gasteiger partial charge in [0, 0.05) is 17.8 Å². The summed E-state index contributed by atoms with van der Waals surface area (Å²) in [6.45, 7) is 0. The number of nitrogens with zero attached hydrogens (tertiary/aromatic N) is 1. The van der Waals surface area contributed by atoms with Crippen LogP contribution < -0.4 is 0 Å². The molecule has 1 aromatic carbocycles. The summed E-state index contributed by atoms with van der Waals surface area (Å²) in [5, 5.41) is 6.59. The third-order valence-electron chi connectivity index (χ3n) is 1.56. The van der Waals surface area contributed by atoms with Crippen molar-refractivity contribution in [3.8, 4) is 11.3 Å². The molecule has 0 bridgehead atoms. The van der Waals surface area contributed by atoms with Crippen LogP contribution in [0.1, 0.15) is 0 Å². The smallest absolute Gasteiger partial charge is 0.131 e. The van der Waals surface area contributed by atoms with Crippen LogP contribution in [-0.4, -0.2) is 10.2 Å². The molecule has 0 saturated carbocycles. The lowest BCUT2D eigenvalue weighted by Gasteiger charge is -1.93. The van der Waals surface area contributed by atoms with Gasteiger partial charge in [-0.15, -0.1) is 0 Å². The summed E-state index contributed by atoms with van der Waals surface area (Å²) in [4.78, 5) is 0. The predicted octanol–water partition coefficient (Wildman–Crippen LogP) is 2.02. The lowest BCUT2D eigenvalue weighted by atomic mass is 10.1. The average molecular weight is 161 g/mol. The summed E-state index contributed by atoms with van der Waals surface area (Å²) in [5.74, 6) is -0.365. The average Bonchev–Trinajstić information content (AvgIpc) is 2.56. The lowest BCUT2D eigenvalue weighted by molar-refractivity contribution is 0.626. The summed E-state index contributed by atoms with van der Waals surface area (Å²) in [6.07, 6.45) is 1.70. The fraction of sp³-hybridized carbons (Fsp3) is 0. The van der Waals surface area contributed by atoms with Gasteiger partial charge < -0.3 is 0 Å². The molecule has 0 aliphatic heterocycles. The zero-order valence-electron chi connectivity index (χ0n) is 6.21. The molecule has 0 saturated heterocycles. The Balaban J connectivity index is 2.48. The Labute approximate surface area is 69.1 Å². The molecule has 0 spiro atoms. The molecule has 1 N–H and O–H groups in total. The third kappa shape index (κ3) is 1.21. The minimum Gasteiger partial charge on any atom is -0.285 e. The van der Waals surface area contributed by atoms with Gasteiger partial charge in [0.05, 0.1) is 5.69 Å². The van der Waals surface area contributed by atoms with E-state index in [0.29, 0.717) is 0 Å². The van der Waals surface area contributed by atoms with Crippen molar-refractivity contribution in [1.29, 1.82) is 0 Å². The molecular formula is C9H6FN2. The number of rotatable bonds is 1. The van der Waals surface area contributed by atoms with Gasteiger partial charge in [0.25, 0.3) is 0 Å². The van der Waals surface area contributed by atoms with Crippen molar-refractivity contribution >= 4 is 0 Å². The van der Waals surface area contributed by atoms with Crippen molar-refractivity contribution in [2.45, 2.75) is 0 Å². The molecule has 0 amide bonds. The van der Waals surface area contributed by atoms with Crippen LogP contribution >= 0.6 is 0 Å². The molecule has 1 radical (unpaired) electrons. The first kappa shape index (κ1) is 7.03. The fourth-order valence-electron chi connectivity index (χ4n) is 1.02. The van der Waals surface area contributed by atoms with Gasteiger partial charge in [-0.25, -0.2) is 4.39 Å². The summed E-state index contributed by atoms with van der Waals surface area (Å²) >= 11 is 0. The van der Waals surface area contributed by atoms with E-state index in [2.05, 4.69) is 16.3 Å². The van der Waals surface area contributed by atoms with Crippen molar-refractivity contribution in [3.63, 3.8) is 0 Å². The van der Waals surface area contributed by atoms with Gasteiger partial charge in [-0.1, -0.05) is 12.1 Å². The van der Waals surface area contributed by atoms with E-state index in [1.807, 2.05) is 0 Å². The van der Waals surface area contributed by atoms with Crippen molar-refractivity contribution in [2.24, 2.45) is 0 Å². The standard InChI is InChI=1S/C9H6FN2/c10-8-3-1-2-7(6-8)9-4-5-11-12-9/h1-2,4-6H,(H,11,12). The maximum Gasteiger partial charge on any atom is 0.131 e. The number of halogens is 1. The van der Waals surface area contributed by atoms with Gasteiger partial charge in [-0.3, -0.25) is 5.10 Å². The lowest BCUT2D eigenvalue weighted by Crippen LogP contribution is -1.79. The van der Waals surface area contributed by atoms with Gasteiger partial charge in [-0.05, 0) is 12.1 Å². The number of aromatic nitrogens is 2. The Hall–Kier alpha value is -1.64. The molecule has 1 heterocycles. The minimum absolute atomic E-state index is 0.365. The molecule has 59 valence electrons. The monoisotopic (exact) mass is 161 g/mol. The predicted molar refractivity (Wildman–Crippen MR) is 42.8 cm³/mol. The second-order valence-corrected chi connectivity index (χ2v) is 2.38. The molecule has 2 aromatic rings. The number of aromatic amines is 1. The first-order chi connectivity index (χ1) is 5.86. The minimum atomic E-state index is -0.365. The van der Waals surface area contributed by atoms with Gasteiger partial charge >= 0.3 is 0 Å². The van der Waals surface area contributed by atoms with Crippen LogP contribution in [0.4, 0.5) is 4.39 Å². The number of benzene rings is 1. The van der Waals surface area contributed by atoms with Gasteiger partial charge in [0.15, 0.2) is 0 Å². The molecule has 12 heavy (non-hydrogen) atoms. The molecule has 2 rings (SSSR count). The molecule has 0 fully saturated rings. The van der Waals surface area contributed by atoms with Crippen LogP contribution in [0.2, 0.25) is 0 Å². The van der Waals surface area contributed by atoms with E-state index in [1.165, 1.54) is 6.07 Å². The maximum atomic E-state index is 12.7. The van der Waals surface area contributed by atoms with Crippen LogP contribution in [0.25, 0.3) is 11.3 Å². The van der Waals surface area contributed by atoms with E-state index in [-0.39, 0.29) is 5.82 Å². The largest absolute Gasteiger partial charge is 0.285 e. The zero-order chi connectivity index (χ0) is 8.39. The highest BCUT2D eigenvalue weighted by atomic mass is 19.1. The Morgan fingerprint density at radius 2 is 2.33 bits per heavy atom. The SMILES string of the molecule is Fc1[c]ccc(-c2cc[nH]n2)c1. The third-order valence-corrected chi connectivity index (χ3v) is 1.56. The van der Waals surface area contributed by atoms with Gasteiger partial charge in [-0.2, -0.15) is 5.10 Å². The number of hydrogen-bond donors (Lipinski definition) is 1. The molecule has 2 nitrogen and oxygen atoms in total. The Morgan fingerprint density at radius 3 is 3.00 bits per heavy atom. The van der Waals surface area contributed by atoms with Crippen LogP contribution in [0.15, 0.2) is 30.5 Å². The second kappa shape index (κ2) is 2.77. The summed E-state index contributed by atoms with van der Waals surface area (Å²) in [5.41, 5.74) is 1.50. The van der Waals surface area contributed by atoms with Crippen LogP contribution in [0.3, 0.4) is 0 Å². The highest BCUT2D eigenvalue weighted by Crippen LogP contribution is 2.15. The van der Waals surface area contributed by atoms with Gasteiger partial charge in [0.1, 0.15) is 5.82 Å². The number of hydrogen-bond acceptors (Lipinski definition) is 1. The summed E-state index contributed by atoms with van der Waals surface area (Å²) in [7, 11) is 0. The van der Waals surface area contributed by atoms with Crippen LogP contribution in [0, 0.1) is 11.9 Å². The highest BCUT2D eigenvalue weighted by Gasteiger charge is 1.99. The van der Waals surface area contributed by atoms with E-state index in [0.717, 1.165) is 11.3 Å². The van der Waals surface area contributed by atoms with E-state index in [4.69, 9.17) is 0 Å². The Bertz CT molecular complexity index is 368. The molecule has 0 atom stereocenters. The molecule has 1 aromatic heterocycles. The molecule has 3 heteroatoms. The van der Waals surface area contributed by atoms with Crippen molar-refractivity contribution in [3.05, 3.63) is 42.3 Å². The number of nitrogens with one attached hydrogen (secondary N) is 1. The quantitative estimate of drug-likeness (QED) is 0.681. The molecule has 0 aliphatic carbocycles. The Morgan fingerprint density at radius 1 is 1.42 bits per heavy atom. The topological polar surface area (TPSA) is 28.7 Å². The van der Waals surface area contributed by atoms with Gasteiger partial charge in [0.2, 0.25) is 0 Å². The summed E-state index contributed by atoms with van der Waals surface area (Å²) < 4.78 is 12.7. The first-order valence-corrected chi connectivity index (χ1v) is 3.53. The molecule has 0 unspecified atom stereocenters. The summed E-state index contributed by atoms with van der Waals surface area (Å²) in [6, 6.07) is 8.92. The zero-order valence-corrected chi connectivity index (χ0v) is 6.21. The van der Waals surface area contributed by atoms with E-state index in [9.17, 15) is 4.39 Å². The highest BCUT2D eigenvalue weighted by molar-refractivity contribution is 5.57. The number of H-pyrrole nitrogens is 1. The fourth-order valence-corrected chi connectivity index (χ4v) is 1.02. The van der Waals surface area contributed by atoms with Crippen LogP contribution in [0.5, 0.6) is 0 Å². The first-order valence-electron chi connectivity index (χ1n) is 3.53. The van der Waals surface area contributed by atoms with Crippen molar-refractivity contribution in [1.82, 2.24) is 10.2 Å². The van der Waals surface area contributed by atoms with E-state index >= 15 is 0 Å². The van der Waals surface area contributed by atoms with Crippen molar-refractivity contribution < 1.29 is 4.39 Å². The van der Waals surface area contributed by atoms with Crippen molar-refractivity contribution in [2.75, 3.05) is 0 Å². The molecular weight excluding hydrogens is 155 g/mol. The van der Waals surface area contributed by atoms with E-state index < -0.39 is 0 Å². The van der Waals surface area contributed by atoms with E-state index in [1.54, 1.807) is 24.4 Å². The molecule has 0 aliphatic rings. The second-order valence-electron chi connectivity index (χ2n) is 2.38. The van der Waals surface area contributed by atoms with Crippen LogP contribution in [-0.2, 0) is 0 Å². The Kier molecular flexibility index (Phi) is 1.63.